The van der Waals surface area contributed by atoms with Crippen LogP contribution >= 0.6 is 0 Å². The van der Waals surface area contributed by atoms with Crippen molar-refractivity contribution in [3.63, 3.8) is 0 Å². The molecular formula is C16H22F3N3O2. The highest BCUT2D eigenvalue weighted by atomic mass is 19.4. The molecule has 134 valence electrons. The van der Waals surface area contributed by atoms with E-state index in [2.05, 4.69) is 10.6 Å². The molecule has 0 aliphatic carbocycles. The number of hydrogen-bond acceptors (Lipinski definition) is 3. The quantitative estimate of drug-likeness (QED) is 0.700. The second kappa shape index (κ2) is 8.68. The number of amides is 2. The van der Waals surface area contributed by atoms with E-state index < -0.39 is 29.6 Å². The van der Waals surface area contributed by atoms with Gasteiger partial charge in [-0.2, -0.15) is 13.2 Å². The summed E-state index contributed by atoms with van der Waals surface area (Å²) in [5.41, 5.74) is 5.02. The highest BCUT2D eigenvalue weighted by Crippen LogP contribution is 2.31. The molecule has 0 saturated carbocycles. The van der Waals surface area contributed by atoms with Crippen molar-refractivity contribution in [3.05, 3.63) is 35.4 Å². The summed E-state index contributed by atoms with van der Waals surface area (Å²) in [5.74, 6) is -0.988. The minimum atomic E-state index is -4.43. The molecule has 1 rings (SSSR count). The first-order chi connectivity index (χ1) is 11.1. The summed E-state index contributed by atoms with van der Waals surface area (Å²) >= 11 is 0. The monoisotopic (exact) mass is 345 g/mol. The zero-order chi connectivity index (χ0) is 18.3. The highest BCUT2D eigenvalue weighted by Gasteiger charge is 2.32. The smallest absolute Gasteiger partial charge is 0.354 e. The van der Waals surface area contributed by atoms with Gasteiger partial charge in [0.15, 0.2) is 0 Å². The van der Waals surface area contributed by atoms with E-state index in [1.54, 1.807) is 13.8 Å². The van der Waals surface area contributed by atoms with Crippen LogP contribution in [0, 0.1) is 5.92 Å². The number of carbonyl (C=O) groups is 2. The van der Waals surface area contributed by atoms with Crippen LogP contribution in [0.2, 0.25) is 0 Å². The normalized spacial score (nSPS) is 12.8. The van der Waals surface area contributed by atoms with Gasteiger partial charge in [-0.05, 0) is 24.0 Å². The Balaban J connectivity index is 2.43. The predicted molar refractivity (Wildman–Crippen MR) is 84.0 cm³/mol. The lowest BCUT2D eigenvalue weighted by Gasteiger charge is -2.15. The van der Waals surface area contributed by atoms with Crippen LogP contribution < -0.4 is 16.4 Å². The first kappa shape index (κ1) is 20.0. The molecule has 0 saturated heterocycles. The first-order valence-electron chi connectivity index (χ1n) is 7.58. The molecule has 4 N–H and O–H groups in total. The second-order valence-corrected chi connectivity index (χ2v) is 5.74. The molecule has 2 amide bonds. The molecule has 24 heavy (non-hydrogen) atoms. The number of alkyl halides is 3. The SMILES string of the molecule is CC(C)[C@H](N)C(=O)NCC(=O)NCCc1ccccc1C(F)(F)F. The van der Waals surface area contributed by atoms with Crippen LogP contribution in [0.5, 0.6) is 0 Å². The minimum Gasteiger partial charge on any atom is -0.354 e. The highest BCUT2D eigenvalue weighted by molar-refractivity contribution is 5.87. The van der Waals surface area contributed by atoms with E-state index in [0.29, 0.717) is 0 Å². The van der Waals surface area contributed by atoms with Crippen molar-refractivity contribution < 1.29 is 22.8 Å². The molecule has 5 nitrogen and oxygen atoms in total. The van der Waals surface area contributed by atoms with Gasteiger partial charge in [0.2, 0.25) is 11.8 Å². The maximum absolute atomic E-state index is 12.8. The van der Waals surface area contributed by atoms with Gasteiger partial charge in [-0.15, -0.1) is 0 Å². The van der Waals surface area contributed by atoms with E-state index >= 15 is 0 Å². The van der Waals surface area contributed by atoms with Crippen molar-refractivity contribution in [2.45, 2.75) is 32.5 Å². The zero-order valence-corrected chi connectivity index (χ0v) is 13.6. The lowest BCUT2D eigenvalue weighted by molar-refractivity contribution is -0.138. The first-order valence-corrected chi connectivity index (χ1v) is 7.58. The zero-order valence-electron chi connectivity index (χ0n) is 13.6. The van der Waals surface area contributed by atoms with E-state index in [1.165, 1.54) is 18.2 Å². The molecule has 0 spiro atoms. The van der Waals surface area contributed by atoms with Gasteiger partial charge in [0.25, 0.3) is 0 Å². The molecule has 0 unspecified atom stereocenters. The van der Waals surface area contributed by atoms with Crippen LogP contribution in [-0.4, -0.2) is 30.9 Å². The van der Waals surface area contributed by atoms with E-state index in [4.69, 9.17) is 5.73 Å². The molecule has 0 fully saturated rings. The van der Waals surface area contributed by atoms with Gasteiger partial charge in [0.05, 0.1) is 18.2 Å². The maximum Gasteiger partial charge on any atom is 0.416 e. The van der Waals surface area contributed by atoms with Crippen LogP contribution in [0.25, 0.3) is 0 Å². The van der Waals surface area contributed by atoms with Gasteiger partial charge in [-0.1, -0.05) is 32.0 Å². The number of benzene rings is 1. The van der Waals surface area contributed by atoms with Crippen LogP contribution in [0.3, 0.4) is 0 Å². The Bertz CT molecular complexity index is 574. The van der Waals surface area contributed by atoms with E-state index in [1.807, 2.05) is 0 Å². The predicted octanol–water partition coefficient (Wildman–Crippen LogP) is 1.46. The molecule has 0 radical (unpaired) electrons. The number of hydrogen-bond donors (Lipinski definition) is 3. The van der Waals surface area contributed by atoms with E-state index in [-0.39, 0.29) is 31.0 Å². The number of carbonyl (C=O) groups excluding carboxylic acids is 2. The average molecular weight is 345 g/mol. The molecular weight excluding hydrogens is 323 g/mol. The van der Waals surface area contributed by atoms with Gasteiger partial charge >= 0.3 is 6.18 Å². The molecule has 0 aromatic heterocycles. The number of nitrogens with two attached hydrogens (primary N) is 1. The van der Waals surface area contributed by atoms with Gasteiger partial charge in [-0.25, -0.2) is 0 Å². The third-order valence-electron chi connectivity index (χ3n) is 3.48. The molecule has 0 heterocycles. The Kier molecular flexibility index (Phi) is 7.21. The van der Waals surface area contributed by atoms with E-state index in [9.17, 15) is 22.8 Å². The van der Waals surface area contributed by atoms with Crippen LogP contribution in [0.4, 0.5) is 13.2 Å². The van der Waals surface area contributed by atoms with Crippen molar-refractivity contribution in [2.75, 3.05) is 13.1 Å². The number of nitrogens with one attached hydrogen (secondary N) is 2. The molecule has 8 heteroatoms. The lowest BCUT2D eigenvalue weighted by Crippen LogP contribution is -2.47. The summed E-state index contributed by atoms with van der Waals surface area (Å²) in [6.45, 7) is 3.34. The van der Waals surface area contributed by atoms with E-state index in [0.717, 1.165) is 6.07 Å². The van der Waals surface area contributed by atoms with Crippen molar-refractivity contribution in [3.8, 4) is 0 Å². The van der Waals surface area contributed by atoms with Crippen LogP contribution in [0.15, 0.2) is 24.3 Å². The van der Waals surface area contributed by atoms with Crippen molar-refractivity contribution >= 4 is 11.8 Å². The molecule has 1 atom stereocenters. The molecule has 0 aliphatic heterocycles. The molecule has 1 aromatic rings. The summed E-state index contributed by atoms with van der Waals surface area (Å²) < 4.78 is 38.5. The molecule has 0 bridgehead atoms. The lowest BCUT2D eigenvalue weighted by atomic mass is 10.0. The summed E-state index contributed by atoms with van der Waals surface area (Å²) in [6.07, 6.45) is -4.39. The van der Waals surface area contributed by atoms with Gasteiger partial charge < -0.3 is 16.4 Å². The topological polar surface area (TPSA) is 84.2 Å². The van der Waals surface area contributed by atoms with Gasteiger partial charge in [0, 0.05) is 6.54 Å². The number of rotatable bonds is 7. The molecule has 0 aliphatic rings. The van der Waals surface area contributed by atoms with Gasteiger partial charge in [-0.3, -0.25) is 9.59 Å². The third kappa shape index (κ3) is 6.19. The Hall–Kier alpha value is -2.09. The summed E-state index contributed by atoms with van der Waals surface area (Å²) in [4.78, 5) is 23.2. The fourth-order valence-corrected chi connectivity index (χ4v) is 2.00. The van der Waals surface area contributed by atoms with Crippen LogP contribution in [0.1, 0.15) is 25.0 Å². The van der Waals surface area contributed by atoms with Crippen molar-refractivity contribution in [2.24, 2.45) is 11.7 Å². The standard InChI is InChI=1S/C16H22F3N3O2/c1-10(2)14(20)15(24)22-9-13(23)21-8-7-11-5-3-4-6-12(11)16(17,18)19/h3-6,10,14H,7-9,20H2,1-2H3,(H,21,23)(H,22,24)/t14-/m0/s1. The Morgan fingerprint density at radius 1 is 1.17 bits per heavy atom. The Morgan fingerprint density at radius 3 is 2.38 bits per heavy atom. The Morgan fingerprint density at radius 2 is 1.79 bits per heavy atom. The van der Waals surface area contributed by atoms with Gasteiger partial charge in [0.1, 0.15) is 0 Å². The third-order valence-corrected chi connectivity index (χ3v) is 3.48. The van der Waals surface area contributed by atoms with Crippen molar-refractivity contribution in [1.82, 2.24) is 10.6 Å². The molecule has 1 aromatic carbocycles. The maximum atomic E-state index is 12.8. The average Bonchev–Trinajstić information content (AvgIpc) is 2.51. The summed E-state index contributed by atoms with van der Waals surface area (Å²) in [6, 6.07) is 4.50. The largest absolute Gasteiger partial charge is 0.416 e. The minimum absolute atomic E-state index is 0.0397. The summed E-state index contributed by atoms with van der Waals surface area (Å²) in [7, 11) is 0. The number of halogens is 3. The van der Waals surface area contributed by atoms with Crippen molar-refractivity contribution in [1.29, 1.82) is 0 Å². The van der Waals surface area contributed by atoms with Crippen LogP contribution in [-0.2, 0) is 22.2 Å². The fraction of sp³-hybridized carbons (Fsp3) is 0.500. The fourth-order valence-electron chi connectivity index (χ4n) is 2.00. The summed E-state index contributed by atoms with van der Waals surface area (Å²) in [5, 5.41) is 4.86. The Labute approximate surface area is 138 Å². The second-order valence-electron chi connectivity index (χ2n) is 5.74.